The minimum atomic E-state index is 0.886. The summed E-state index contributed by atoms with van der Waals surface area (Å²) in [6, 6.07) is 12.1. The first kappa shape index (κ1) is 7.80. The van der Waals surface area contributed by atoms with Crippen LogP contribution in [-0.4, -0.2) is 4.98 Å². The van der Waals surface area contributed by atoms with Gasteiger partial charge >= 0.3 is 83.2 Å². The van der Waals surface area contributed by atoms with Crippen molar-refractivity contribution in [2.75, 3.05) is 3.72 Å². The molecule has 0 amide bonds. The fourth-order valence-corrected chi connectivity index (χ4v) is 1.41. The average molecular weight is 340 g/mol. The second-order valence-electron chi connectivity index (χ2n) is 2.46. The van der Waals surface area contributed by atoms with E-state index in [1.54, 1.807) is 0 Å². The number of anilines is 1. The fraction of sp³-hybridized carbons (Fsp3) is 0. The fourth-order valence-electron chi connectivity index (χ4n) is 1.11. The third-order valence-electron chi connectivity index (χ3n) is 1.68. The van der Waals surface area contributed by atoms with Crippen molar-refractivity contribution in [3.8, 4) is 0 Å². The molecule has 64 valence electrons. The maximum absolute atomic E-state index is 4.37. The summed E-state index contributed by atoms with van der Waals surface area (Å²) in [5.41, 5.74) is 1.02. The van der Waals surface area contributed by atoms with E-state index in [1.807, 2.05) is 24.3 Å². The van der Waals surface area contributed by atoms with Gasteiger partial charge in [0.25, 0.3) is 0 Å². The van der Waals surface area contributed by atoms with E-state index in [-0.39, 0.29) is 0 Å². The molecule has 1 heterocycles. The molecular weight excluding hydrogens is 333 g/mol. The van der Waals surface area contributed by atoms with Crippen LogP contribution in [0.3, 0.4) is 0 Å². The zero-order valence-corrected chi connectivity index (χ0v) is 8.38. The number of nitrogens with zero attached hydrogens (tertiary/aromatic N) is 1. The molecule has 1 N–H and O–H groups in total. The standard InChI is InChI=1S/C9H7N2.Au/c10-9-6-5-7-3-1-2-4-8(7)11-9;/h1-6H,(H-,10,11);/q-1;+1. The Kier molecular flexibility index (Phi) is 2.13. The van der Waals surface area contributed by atoms with E-state index in [0.29, 0.717) is 0 Å². The zero-order valence-electron chi connectivity index (χ0n) is 6.21. The Morgan fingerprint density at radius 3 is 2.75 bits per heavy atom. The van der Waals surface area contributed by atoms with Gasteiger partial charge in [-0.3, -0.25) is 0 Å². The van der Waals surface area contributed by atoms with Gasteiger partial charge in [-0.2, -0.15) is 0 Å². The van der Waals surface area contributed by atoms with Gasteiger partial charge < -0.3 is 0 Å². The first-order chi connectivity index (χ1) is 5.90. The Morgan fingerprint density at radius 2 is 1.92 bits per heavy atom. The van der Waals surface area contributed by atoms with Crippen molar-refractivity contribution in [2.24, 2.45) is 0 Å². The Bertz CT molecular complexity index is 400. The molecule has 0 spiro atoms. The molecule has 0 radical (unpaired) electrons. The van der Waals surface area contributed by atoms with E-state index in [2.05, 4.69) is 42.2 Å². The SMILES string of the molecule is [Au][NH]c1ccc2ccccc2n1. The van der Waals surface area contributed by atoms with Crippen LogP contribution < -0.4 is 3.72 Å². The molecule has 0 aliphatic carbocycles. The molecule has 12 heavy (non-hydrogen) atoms. The number of rotatable bonds is 1. The summed E-state index contributed by atoms with van der Waals surface area (Å²) in [5.74, 6) is 0.886. The van der Waals surface area contributed by atoms with Crippen LogP contribution in [0.25, 0.3) is 10.9 Å². The molecule has 2 aromatic rings. The topological polar surface area (TPSA) is 24.9 Å². The van der Waals surface area contributed by atoms with Crippen LogP contribution >= 0.6 is 0 Å². The molecule has 0 saturated heterocycles. The van der Waals surface area contributed by atoms with Crippen molar-refractivity contribution < 1.29 is 21.3 Å². The number of para-hydroxylation sites is 1. The Hall–Kier alpha value is -0.830. The molecule has 0 unspecified atom stereocenters. The Labute approximate surface area is 83.2 Å². The van der Waals surface area contributed by atoms with E-state index in [9.17, 15) is 0 Å². The molecule has 0 bridgehead atoms. The number of pyridine rings is 1. The van der Waals surface area contributed by atoms with Gasteiger partial charge in [0.2, 0.25) is 0 Å². The molecule has 0 atom stereocenters. The first-order valence-corrected chi connectivity index (χ1v) is 4.67. The van der Waals surface area contributed by atoms with E-state index in [0.717, 1.165) is 11.3 Å². The van der Waals surface area contributed by atoms with Gasteiger partial charge in [-0.25, -0.2) is 0 Å². The molecule has 0 aliphatic heterocycles. The van der Waals surface area contributed by atoms with Crippen LogP contribution in [0, 0.1) is 0 Å². The minimum absolute atomic E-state index is 0.886. The molecular formula is C9H7AuN2. The number of benzene rings is 1. The predicted molar refractivity (Wildman–Crippen MR) is 45.4 cm³/mol. The normalized spacial score (nSPS) is 10.2. The molecule has 2 rings (SSSR count). The quantitative estimate of drug-likeness (QED) is 0.805. The average Bonchev–Trinajstić information content (AvgIpc) is 2.17. The van der Waals surface area contributed by atoms with Crippen molar-refractivity contribution in [3.05, 3.63) is 36.4 Å². The summed E-state index contributed by atoms with van der Waals surface area (Å²) >= 11 is 2.25. The van der Waals surface area contributed by atoms with Crippen molar-refractivity contribution in [2.45, 2.75) is 0 Å². The third-order valence-corrected chi connectivity index (χ3v) is 2.23. The van der Waals surface area contributed by atoms with Gasteiger partial charge in [-0.05, 0) is 0 Å². The summed E-state index contributed by atoms with van der Waals surface area (Å²) < 4.78 is 2.95. The molecule has 0 aliphatic rings. The number of hydrogen-bond acceptors (Lipinski definition) is 2. The van der Waals surface area contributed by atoms with Gasteiger partial charge in [0, 0.05) is 0 Å². The van der Waals surface area contributed by atoms with Crippen LogP contribution in [0.1, 0.15) is 0 Å². The second kappa shape index (κ2) is 3.27. The van der Waals surface area contributed by atoms with Gasteiger partial charge in [-0.1, -0.05) is 0 Å². The molecule has 1 aromatic heterocycles. The number of nitrogens with one attached hydrogen (secondary N) is 1. The molecule has 2 nitrogen and oxygen atoms in total. The van der Waals surface area contributed by atoms with Crippen LogP contribution in [0.5, 0.6) is 0 Å². The monoisotopic (exact) mass is 340 g/mol. The first-order valence-electron chi connectivity index (χ1n) is 3.59. The van der Waals surface area contributed by atoms with Gasteiger partial charge in [0.15, 0.2) is 0 Å². The predicted octanol–water partition coefficient (Wildman–Crippen LogP) is 2.11. The second-order valence-corrected chi connectivity index (χ2v) is 3.01. The van der Waals surface area contributed by atoms with Crippen molar-refractivity contribution in [1.82, 2.24) is 4.98 Å². The van der Waals surface area contributed by atoms with Crippen LogP contribution in [-0.2, 0) is 21.3 Å². The van der Waals surface area contributed by atoms with Crippen molar-refractivity contribution in [3.63, 3.8) is 0 Å². The number of hydrogen-bond donors (Lipinski definition) is 1. The van der Waals surface area contributed by atoms with E-state index < -0.39 is 0 Å². The zero-order chi connectivity index (χ0) is 8.39. The molecule has 1 aromatic carbocycles. The van der Waals surface area contributed by atoms with Gasteiger partial charge in [0.1, 0.15) is 0 Å². The molecule has 3 heteroatoms. The summed E-state index contributed by atoms with van der Waals surface area (Å²) in [6.45, 7) is 0. The Balaban J connectivity index is 2.67. The van der Waals surface area contributed by atoms with Crippen molar-refractivity contribution >= 4 is 16.7 Å². The summed E-state index contributed by atoms with van der Waals surface area (Å²) in [6.07, 6.45) is 0. The van der Waals surface area contributed by atoms with E-state index >= 15 is 0 Å². The third kappa shape index (κ3) is 1.37. The summed E-state index contributed by atoms with van der Waals surface area (Å²) in [7, 11) is 0. The Morgan fingerprint density at radius 1 is 1.08 bits per heavy atom. The molecule has 0 fully saturated rings. The maximum atomic E-state index is 4.37. The van der Waals surface area contributed by atoms with E-state index in [1.165, 1.54) is 5.39 Å². The van der Waals surface area contributed by atoms with Crippen LogP contribution in [0.2, 0.25) is 0 Å². The van der Waals surface area contributed by atoms with Crippen LogP contribution in [0.15, 0.2) is 36.4 Å². The van der Waals surface area contributed by atoms with Crippen LogP contribution in [0.4, 0.5) is 5.82 Å². The number of fused-ring (bicyclic) bond motifs is 1. The summed E-state index contributed by atoms with van der Waals surface area (Å²) in [4.78, 5) is 4.37. The van der Waals surface area contributed by atoms with Gasteiger partial charge in [0.05, 0.1) is 0 Å². The van der Waals surface area contributed by atoms with Gasteiger partial charge in [-0.15, -0.1) is 0 Å². The van der Waals surface area contributed by atoms with Crippen molar-refractivity contribution in [1.29, 1.82) is 0 Å². The molecule has 0 saturated carbocycles. The van der Waals surface area contributed by atoms with E-state index in [4.69, 9.17) is 0 Å². The number of aromatic nitrogens is 1. The summed E-state index contributed by atoms with van der Waals surface area (Å²) in [5, 5.41) is 1.17.